The highest BCUT2D eigenvalue weighted by molar-refractivity contribution is 5.77. The maximum absolute atomic E-state index is 4.76. The zero-order chi connectivity index (χ0) is 18.9. The standard InChI is InChI=1S/C25H26N2/c1-25(2,3)27-26-24(18-10-5-4-6-11-18)17-20-13-9-15-22-21-14-8-7-12-19(21)16-23(20)22/h4-15,24H,16-17H2,1-3H3. The summed E-state index contributed by atoms with van der Waals surface area (Å²) in [5, 5.41) is 9.35. The lowest BCUT2D eigenvalue weighted by molar-refractivity contribution is 0.510. The Balaban J connectivity index is 1.70. The monoisotopic (exact) mass is 354 g/mol. The molecule has 4 rings (SSSR count). The predicted octanol–water partition coefficient (Wildman–Crippen LogP) is 6.79. The topological polar surface area (TPSA) is 24.7 Å². The van der Waals surface area contributed by atoms with Gasteiger partial charge in [-0.3, -0.25) is 0 Å². The van der Waals surface area contributed by atoms with Crippen LogP contribution in [0.15, 0.2) is 83.0 Å². The third-order valence-electron chi connectivity index (χ3n) is 5.04. The van der Waals surface area contributed by atoms with Crippen LogP contribution < -0.4 is 0 Å². The fraction of sp³-hybridized carbons (Fsp3) is 0.280. The average Bonchev–Trinajstić information content (AvgIpc) is 3.05. The van der Waals surface area contributed by atoms with Crippen LogP contribution in [0.4, 0.5) is 0 Å². The van der Waals surface area contributed by atoms with Crippen LogP contribution in [0.3, 0.4) is 0 Å². The van der Waals surface area contributed by atoms with Gasteiger partial charge in [0.05, 0.1) is 11.6 Å². The fourth-order valence-electron chi connectivity index (χ4n) is 3.77. The maximum Gasteiger partial charge on any atom is 0.0998 e. The predicted molar refractivity (Wildman–Crippen MR) is 112 cm³/mol. The van der Waals surface area contributed by atoms with E-state index in [1.807, 2.05) is 0 Å². The Hall–Kier alpha value is -2.74. The molecular formula is C25H26N2. The van der Waals surface area contributed by atoms with E-state index >= 15 is 0 Å². The van der Waals surface area contributed by atoms with Crippen molar-refractivity contribution in [1.29, 1.82) is 0 Å². The summed E-state index contributed by atoms with van der Waals surface area (Å²) in [5.41, 5.74) is 8.06. The van der Waals surface area contributed by atoms with Crippen LogP contribution in [-0.4, -0.2) is 5.54 Å². The van der Waals surface area contributed by atoms with E-state index in [0.29, 0.717) is 0 Å². The van der Waals surface area contributed by atoms with Crippen molar-refractivity contribution in [1.82, 2.24) is 0 Å². The van der Waals surface area contributed by atoms with Gasteiger partial charge in [-0.2, -0.15) is 10.2 Å². The highest BCUT2D eigenvalue weighted by Gasteiger charge is 2.22. The molecule has 0 amide bonds. The van der Waals surface area contributed by atoms with Gasteiger partial charge in [0.2, 0.25) is 0 Å². The third kappa shape index (κ3) is 3.85. The molecule has 0 fully saturated rings. The Kier molecular flexibility index (Phi) is 4.65. The van der Waals surface area contributed by atoms with Gasteiger partial charge in [-0.1, -0.05) is 72.8 Å². The van der Waals surface area contributed by atoms with Gasteiger partial charge >= 0.3 is 0 Å². The molecule has 0 radical (unpaired) electrons. The van der Waals surface area contributed by atoms with Gasteiger partial charge in [-0.05, 0) is 60.6 Å². The molecule has 0 bridgehead atoms. The summed E-state index contributed by atoms with van der Waals surface area (Å²) >= 11 is 0. The summed E-state index contributed by atoms with van der Waals surface area (Å²) in [6.45, 7) is 6.28. The minimum atomic E-state index is -0.165. The third-order valence-corrected chi connectivity index (χ3v) is 5.04. The second kappa shape index (κ2) is 7.11. The maximum atomic E-state index is 4.76. The Morgan fingerprint density at radius 1 is 0.815 bits per heavy atom. The minimum absolute atomic E-state index is 0.0423. The second-order valence-corrected chi connectivity index (χ2v) is 8.29. The number of hydrogen-bond donors (Lipinski definition) is 0. The van der Waals surface area contributed by atoms with Gasteiger partial charge in [-0.15, -0.1) is 0 Å². The first-order valence-corrected chi connectivity index (χ1v) is 9.67. The number of rotatable bonds is 4. The van der Waals surface area contributed by atoms with E-state index in [1.165, 1.54) is 33.4 Å². The zero-order valence-corrected chi connectivity index (χ0v) is 16.3. The lowest BCUT2D eigenvalue weighted by Crippen LogP contribution is -2.10. The summed E-state index contributed by atoms with van der Waals surface area (Å²) < 4.78 is 0. The van der Waals surface area contributed by atoms with E-state index in [1.54, 1.807) is 0 Å². The zero-order valence-electron chi connectivity index (χ0n) is 16.3. The molecule has 1 aliphatic carbocycles. The molecule has 27 heavy (non-hydrogen) atoms. The van der Waals surface area contributed by atoms with E-state index < -0.39 is 0 Å². The van der Waals surface area contributed by atoms with Crippen molar-refractivity contribution in [2.75, 3.05) is 0 Å². The highest BCUT2D eigenvalue weighted by atomic mass is 15.2. The van der Waals surface area contributed by atoms with Crippen molar-refractivity contribution in [2.24, 2.45) is 10.2 Å². The Labute approximate surface area is 162 Å². The molecule has 3 aromatic rings. The van der Waals surface area contributed by atoms with Gasteiger partial charge < -0.3 is 0 Å². The quantitative estimate of drug-likeness (QED) is 0.360. The van der Waals surface area contributed by atoms with E-state index in [4.69, 9.17) is 5.11 Å². The van der Waals surface area contributed by atoms with Crippen molar-refractivity contribution in [3.63, 3.8) is 0 Å². The lowest BCUT2D eigenvalue weighted by atomic mass is 9.93. The van der Waals surface area contributed by atoms with Gasteiger partial charge in [0.25, 0.3) is 0 Å². The van der Waals surface area contributed by atoms with Gasteiger partial charge in [0.15, 0.2) is 0 Å². The van der Waals surface area contributed by atoms with Crippen molar-refractivity contribution in [2.45, 2.75) is 45.2 Å². The summed E-state index contributed by atoms with van der Waals surface area (Å²) in [7, 11) is 0. The smallest absolute Gasteiger partial charge is 0.0998 e. The first kappa shape index (κ1) is 17.7. The van der Waals surface area contributed by atoms with Crippen molar-refractivity contribution < 1.29 is 0 Å². The molecule has 1 aliphatic rings. The first-order chi connectivity index (χ1) is 13.0. The Morgan fingerprint density at radius 2 is 1.52 bits per heavy atom. The fourth-order valence-corrected chi connectivity index (χ4v) is 3.77. The van der Waals surface area contributed by atoms with Crippen LogP contribution in [0, 0.1) is 0 Å². The molecule has 1 unspecified atom stereocenters. The van der Waals surface area contributed by atoms with E-state index in [-0.39, 0.29) is 11.6 Å². The minimum Gasteiger partial charge on any atom is -0.188 e. The molecule has 2 nitrogen and oxygen atoms in total. The molecular weight excluding hydrogens is 328 g/mol. The van der Waals surface area contributed by atoms with Crippen LogP contribution >= 0.6 is 0 Å². The van der Waals surface area contributed by atoms with Crippen LogP contribution in [0.1, 0.15) is 49.1 Å². The van der Waals surface area contributed by atoms with Crippen LogP contribution in [0.25, 0.3) is 11.1 Å². The summed E-state index contributed by atoms with van der Waals surface area (Å²) in [5.74, 6) is 0. The molecule has 0 heterocycles. The largest absolute Gasteiger partial charge is 0.188 e. The molecule has 0 aliphatic heterocycles. The van der Waals surface area contributed by atoms with Crippen LogP contribution in [-0.2, 0) is 12.8 Å². The lowest BCUT2D eigenvalue weighted by Gasteiger charge is -2.17. The molecule has 0 saturated heterocycles. The Bertz CT molecular complexity index is 965. The number of nitrogens with zero attached hydrogens (tertiary/aromatic N) is 2. The van der Waals surface area contributed by atoms with Crippen molar-refractivity contribution in [3.8, 4) is 11.1 Å². The van der Waals surface area contributed by atoms with Crippen LogP contribution in [0.5, 0.6) is 0 Å². The molecule has 1 atom stereocenters. The van der Waals surface area contributed by atoms with Crippen LogP contribution in [0.2, 0.25) is 0 Å². The molecule has 0 spiro atoms. The summed E-state index contributed by atoms with van der Waals surface area (Å²) in [4.78, 5) is 0. The summed E-state index contributed by atoms with van der Waals surface area (Å²) in [6.07, 6.45) is 1.89. The second-order valence-electron chi connectivity index (χ2n) is 8.29. The van der Waals surface area contributed by atoms with Crippen molar-refractivity contribution in [3.05, 3.63) is 95.1 Å². The molecule has 0 N–H and O–H groups in total. The number of benzene rings is 3. The Morgan fingerprint density at radius 3 is 2.30 bits per heavy atom. The molecule has 0 saturated carbocycles. The highest BCUT2D eigenvalue weighted by Crippen LogP contribution is 2.39. The van der Waals surface area contributed by atoms with E-state index in [9.17, 15) is 0 Å². The molecule has 3 aromatic carbocycles. The summed E-state index contributed by atoms with van der Waals surface area (Å²) in [6, 6.07) is 26.0. The molecule has 136 valence electrons. The van der Waals surface area contributed by atoms with Gasteiger partial charge in [0, 0.05) is 6.42 Å². The molecule has 0 aromatic heterocycles. The normalized spacial score (nSPS) is 14.2. The number of hydrogen-bond acceptors (Lipinski definition) is 2. The van der Waals surface area contributed by atoms with E-state index in [2.05, 4.69) is 98.7 Å². The van der Waals surface area contributed by atoms with Gasteiger partial charge in [0.1, 0.15) is 0 Å². The van der Waals surface area contributed by atoms with E-state index in [0.717, 1.165) is 12.8 Å². The average molecular weight is 354 g/mol. The first-order valence-electron chi connectivity index (χ1n) is 9.67. The number of fused-ring (bicyclic) bond motifs is 3. The number of azo groups is 1. The van der Waals surface area contributed by atoms with Gasteiger partial charge in [-0.25, -0.2) is 0 Å². The van der Waals surface area contributed by atoms with Crippen molar-refractivity contribution >= 4 is 0 Å². The molecule has 2 heteroatoms. The SMILES string of the molecule is CC(C)(C)N=NC(Cc1cccc2c1Cc1ccccc1-2)c1ccccc1.